The van der Waals surface area contributed by atoms with E-state index >= 15 is 0 Å². The Kier molecular flexibility index (Phi) is 5.93. The lowest BCUT2D eigenvalue weighted by atomic mass is 10.00. The molecule has 5 N–H and O–H groups in total. The molecule has 0 aromatic heterocycles. The van der Waals surface area contributed by atoms with E-state index in [9.17, 15) is 9.59 Å². The first-order chi connectivity index (χ1) is 8.09. The average Bonchev–Trinajstić information content (AvgIpc) is 2.34. The minimum absolute atomic E-state index is 0.118. The quantitative estimate of drug-likeness (QED) is 0.493. The number of nitrogens with two attached hydrogens (primary N) is 1. The van der Waals surface area contributed by atoms with E-state index in [2.05, 4.69) is 10.6 Å². The highest BCUT2D eigenvalue weighted by molar-refractivity contribution is 5.78. The molecule has 1 aliphatic heterocycles. The predicted octanol–water partition coefficient (Wildman–Crippen LogP) is -0.706. The van der Waals surface area contributed by atoms with Gasteiger partial charge < -0.3 is 21.5 Å². The summed E-state index contributed by atoms with van der Waals surface area (Å²) in [6, 6.07) is -0.947. The van der Waals surface area contributed by atoms with Gasteiger partial charge in [-0.1, -0.05) is 0 Å². The van der Waals surface area contributed by atoms with Gasteiger partial charge in [0.2, 0.25) is 5.91 Å². The van der Waals surface area contributed by atoms with Crippen molar-refractivity contribution in [3.63, 3.8) is 0 Å². The van der Waals surface area contributed by atoms with Crippen molar-refractivity contribution in [3.8, 4) is 0 Å². The molecule has 0 radical (unpaired) electrons. The van der Waals surface area contributed by atoms with Gasteiger partial charge >= 0.3 is 5.97 Å². The maximum absolute atomic E-state index is 11.4. The molecule has 1 fully saturated rings. The molecule has 6 nitrogen and oxygen atoms in total. The van der Waals surface area contributed by atoms with Crippen LogP contribution in [-0.2, 0) is 9.59 Å². The van der Waals surface area contributed by atoms with Gasteiger partial charge in [-0.15, -0.1) is 0 Å². The van der Waals surface area contributed by atoms with Gasteiger partial charge in [-0.25, -0.2) is 0 Å². The number of piperidine rings is 1. The fourth-order valence-corrected chi connectivity index (χ4v) is 1.85. The molecule has 2 atom stereocenters. The monoisotopic (exact) mass is 243 g/mol. The molecule has 6 heteroatoms. The zero-order chi connectivity index (χ0) is 12.7. The number of carbonyl (C=O) groups excluding carboxylic acids is 1. The summed E-state index contributed by atoms with van der Waals surface area (Å²) < 4.78 is 0. The first-order valence-corrected chi connectivity index (χ1v) is 6.05. The van der Waals surface area contributed by atoms with Gasteiger partial charge in [0.25, 0.3) is 0 Å². The van der Waals surface area contributed by atoms with Crippen molar-refractivity contribution in [2.45, 2.75) is 31.7 Å². The lowest BCUT2D eigenvalue weighted by Gasteiger charge is -2.22. The van der Waals surface area contributed by atoms with E-state index in [0.717, 1.165) is 25.9 Å². The van der Waals surface area contributed by atoms with Crippen LogP contribution in [0.15, 0.2) is 0 Å². The normalized spacial score (nSPS) is 21.8. The molecule has 1 rings (SSSR count). The van der Waals surface area contributed by atoms with Crippen LogP contribution in [0.2, 0.25) is 0 Å². The molecule has 0 saturated carbocycles. The van der Waals surface area contributed by atoms with Crippen LogP contribution >= 0.6 is 0 Å². The second-order valence-corrected chi connectivity index (χ2v) is 4.50. The lowest BCUT2D eigenvalue weighted by Crippen LogP contribution is -2.38. The van der Waals surface area contributed by atoms with Gasteiger partial charge in [0.15, 0.2) is 0 Å². The number of carboxylic acids is 1. The number of nitrogens with one attached hydrogen (secondary N) is 2. The molecule has 0 aliphatic carbocycles. The molecule has 0 bridgehead atoms. The van der Waals surface area contributed by atoms with E-state index in [1.54, 1.807) is 0 Å². The van der Waals surface area contributed by atoms with Crippen molar-refractivity contribution in [2.24, 2.45) is 11.7 Å². The molecule has 0 spiro atoms. The van der Waals surface area contributed by atoms with E-state index in [0.29, 0.717) is 12.5 Å². The molecule has 0 aromatic carbocycles. The van der Waals surface area contributed by atoms with Crippen molar-refractivity contribution >= 4 is 11.9 Å². The second-order valence-electron chi connectivity index (χ2n) is 4.50. The van der Waals surface area contributed by atoms with E-state index < -0.39 is 12.0 Å². The first-order valence-electron chi connectivity index (χ1n) is 6.05. The maximum atomic E-state index is 11.4. The van der Waals surface area contributed by atoms with Crippen molar-refractivity contribution in [2.75, 3.05) is 19.6 Å². The smallest absolute Gasteiger partial charge is 0.320 e. The van der Waals surface area contributed by atoms with Crippen LogP contribution in [0.5, 0.6) is 0 Å². The number of hydrogen-bond donors (Lipinski definition) is 4. The van der Waals surface area contributed by atoms with Gasteiger partial charge in [0.1, 0.15) is 6.04 Å². The number of carboxylic acid groups (broad SMARTS) is 1. The van der Waals surface area contributed by atoms with Crippen LogP contribution in [0.25, 0.3) is 0 Å². The largest absolute Gasteiger partial charge is 0.480 e. The summed E-state index contributed by atoms with van der Waals surface area (Å²) in [7, 11) is 0. The Balaban J connectivity index is 2.10. The molecular formula is C11H21N3O3. The molecule has 1 aliphatic rings. The maximum Gasteiger partial charge on any atom is 0.320 e. The molecule has 1 heterocycles. The molecule has 1 saturated heterocycles. The molecule has 98 valence electrons. The summed E-state index contributed by atoms with van der Waals surface area (Å²) in [5, 5.41) is 14.7. The molecule has 1 amide bonds. The third-order valence-electron chi connectivity index (χ3n) is 2.99. The van der Waals surface area contributed by atoms with Crippen LogP contribution < -0.4 is 16.4 Å². The van der Waals surface area contributed by atoms with Crippen molar-refractivity contribution in [1.82, 2.24) is 10.6 Å². The minimum atomic E-state index is -1.06. The minimum Gasteiger partial charge on any atom is -0.480 e. The highest BCUT2D eigenvalue weighted by atomic mass is 16.4. The second kappa shape index (κ2) is 7.24. The van der Waals surface area contributed by atoms with Crippen molar-refractivity contribution in [1.29, 1.82) is 0 Å². The molecular weight excluding hydrogens is 222 g/mol. The van der Waals surface area contributed by atoms with E-state index in [1.807, 2.05) is 0 Å². The summed E-state index contributed by atoms with van der Waals surface area (Å²) in [4.78, 5) is 21.9. The summed E-state index contributed by atoms with van der Waals surface area (Å²) in [6.45, 7) is 2.65. The zero-order valence-corrected chi connectivity index (χ0v) is 9.95. The number of rotatable bonds is 6. The van der Waals surface area contributed by atoms with Crippen LogP contribution in [0.3, 0.4) is 0 Å². The Morgan fingerprint density at radius 1 is 1.53 bits per heavy atom. The topological polar surface area (TPSA) is 104 Å². The van der Waals surface area contributed by atoms with Gasteiger partial charge in [-0.2, -0.15) is 0 Å². The van der Waals surface area contributed by atoms with Crippen LogP contribution in [-0.4, -0.2) is 42.7 Å². The number of carbonyl (C=O) groups is 2. The highest BCUT2D eigenvalue weighted by Gasteiger charge is 2.16. The predicted molar refractivity (Wildman–Crippen MR) is 63.4 cm³/mol. The number of hydrogen-bond acceptors (Lipinski definition) is 4. The van der Waals surface area contributed by atoms with Gasteiger partial charge in [0.05, 0.1) is 0 Å². The standard InChI is InChI=1S/C11H21N3O3/c12-9(11(16)17)3-4-10(15)14-7-8-2-1-5-13-6-8/h8-9,13H,1-7,12H2,(H,14,15)(H,16,17)/t8-,9+/m1/s1. The fraction of sp³-hybridized carbons (Fsp3) is 0.818. The van der Waals surface area contributed by atoms with E-state index in [-0.39, 0.29) is 18.7 Å². The van der Waals surface area contributed by atoms with E-state index in [1.165, 1.54) is 0 Å². The summed E-state index contributed by atoms with van der Waals surface area (Å²) >= 11 is 0. The Bertz CT molecular complexity index is 265. The molecule has 0 aromatic rings. The number of aliphatic carboxylic acids is 1. The summed E-state index contributed by atoms with van der Waals surface area (Å²) in [5.41, 5.74) is 5.31. The third kappa shape index (κ3) is 5.65. The van der Waals surface area contributed by atoms with Crippen LogP contribution in [0.4, 0.5) is 0 Å². The highest BCUT2D eigenvalue weighted by Crippen LogP contribution is 2.08. The van der Waals surface area contributed by atoms with Crippen molar-refractivity contribution < 1.29 is 14.7 Å². The number of amides is 1. The Hall–Kier alpha value is -1.14. The SMILES string of the molecule is N[C@@H](CCC(=O)NC[C@@H]1CCCNC1)C(=O)O. The van der Waals surface area contributed by atoms with Gasteiger partial charge in [-0.05, 0) is 38.3 Å². The zero-order valence-electron chi connectivity index (χ0n) is 9.95. The third-order valence-corrected chi connectivity index (χ3v) is 2.99. The molecule has 0 unspecified atom stereocenters. The van der Waals surface area contributed by atoms with Gasteiger partial charge in [-0.3, -0.25) is 9.59 Å². The average molecular weight is 243 g/mol. The van der Waals surface area contributed by atoms with Gasteiger partial charge in [0, 0.05) is 13.0 Å². The summed E-state index contributed by atoms with van der Waals surface area (Å²) in [5.74, 6) is -0.692. The van der Waals surface area contributed by atoms with Crippen molar-refractivity contribution in [3.05, 3.63) is 0 Å². The summed E-state index contributed by atoms with van der Waals surface area (Å²) in [6.07, 6.45) is 2.63. The first kappa shape index (κ1) is 13.9. The molecule has 17 heavy (non-hydrogen) atoms. The Morgan fingerprint density at radius 3 is 2.88 bits per heavy atom. The van der Waals surface area contributed by atoms with E-state index in [4.69, 9.17) is 10.8 Å². The fourth-order valence-electron chi connectivity index (χ4n) is 1.85. The lowest BCUT2D eigenvalue weighted by molar-refractivity contribution is -0.138. The Morgan fingerprint density at radius 2 is 2.29 bits per heavy atom. The van der Waals surface area contributed by atoms with Crippen LogP contribution in [0, 0.1) is 5.92 Å². The van der Waals surface area contributed by atoms with Crippen LogP contribution in [0.1, 0.15) is 25.7 Å². The Labute approximate surface area is 101 Å².